The summed E-state index contributed by atoms with van der Waals surface area (Å²) >= 11 is 1.35. The largest absolute Gasteiger partial charge is 0.480 e. The van der Waals surface area contributed by atoms with Crippen molar-refractivity contribution in [3.8, 4) is 0 Å². The molecular formula is C9H10N4O5S. The zero-order valence-corrected chi connectivity index (χ0v) is 10.4. The van der Waals surface area contributed by atoms with Crippen molar-refractivity contribution in [2.75, 3.05) is 11.6 Å². The van der Waals surface area contributed by atoms with Crippen LogP contribution in [0.3, 0.4) is 0 Å². The zero-order valence-electron chi connectivity index (χ0n) is 9.63. The molecule has 0 aliphatic carbocycles. The van der Waals surface area contributed by atoms with Crippen molar-refractivity contribution in [3.05, 3.63) is 22.4 Å². The van der Waals surface area contributed by atoms with Gasteiger partial charge in [-0.05, 0) is 4.92 Å². The number of nitrogens with zero attached hydrogens (tertiary/aromatic N) is 4. The molecule has 0 unspecified atom stereocenters. The first kappa shape index (κ1) is 13.3. The standard InChI is InChI=1S/C9H10N4O5S/c14-8(12-5-19-4-6(12)9(15)16)3-11-2-1-7(10-11)13(17)18/h1-2,6H,3-5H2,(H,15,16)/t6-/m0/s1. The highest BCUT2D eigenvalue weighted by molar-refractivity contribution is 7.99. The number of thioether (sulfide) groups is 1. The Labute approximate surface area is 111 Å². The average molecular weight is 286 g/mol. The van der Waals surface area contributed by atoms with Crippen LogP contribution in [0.25, 0.3) is 0 Å². The van der Waals surface area contributed by atoms with Crippen LogP contribution in [0.2, 0.25) is 0 Å². The number of carboxylic acids is 1. The quantitative estimate of drug-likeness (QED) is 0.600. The second-order valence-electron chi connectivity index (χ2n) is 3.85. The number of hydrogen-bond donors (Lipinski definition) is 1. The maximum absolute atomic E-state index is 11.9. The minimum Gasteiger partial charge on any atom is -0.480 e. The summed E-state index contributed by atoms with van der Waals surface area (Å²) in [7, 11) is 0. The molecule has 0 saturated carbocycles. The lowest BCUT2D eigenvalue weighted by Crippen LogP contribution is -2.43. The summed E-state index contributed by atoms with van der Waals surface area (Å²) in [6.45, 7) is -0.210. The van der Waals surface area contributed by atoms with Crippen LogP contribution >= 0.6 is 11.8 Å². The maximum Gasteiger partial charge on any atom is 0.389 e. The van der Waals surface area contributed by atoms with Gasteiger partial charge in [-0.3, -0.25) is 4.79 Å². The summed E-state index contributed by atoms with van der Waals surface area (Å²) < 4.78 is 1.13. The third-order valence-electron chi connectivity index (χ3n) is 2.60. The first-order valence-electron chi connectivity index (χ1n) is 5.27. The summed E-state index contributed by atoms with van der Waals surface area (Å²) in [6, 6.07) is 0.337. The fourth-order valence-electron chi connectivity index (χ4n) is 1.66. The number of carbonyl (C=O) groups is 2. The first-order chi connectivity index (χ1) is 8.99. The molecular weight excluding hydrogens is 276 g/mol. The van der Waals surface area contributed by atoms with Crippen molar-refractivity contribution < 1.29 is 19.6 Å². The summed E-state index contributed by atoms with van der Waals surface area (Å²) in [6.07, 6.45) is 1.31. The highest BCUT2D eigenvalue weighted by Gasteiger charge is 2.34. The lowest BCUT2D eigenvalue weighted by atomic mass is 10.3. The van der Waals surface area contributed by atoms with Crippen LogP contribution in [-0.2, 0) is 16.1 Å². The fraction of sp³-hybridized carbons (Fsp3) is 0.444. The fourth-order valence-corrected chi connectivity index (χ4v) is 2.83. The number of hydrogen-bond acceptors (Lipinski definition) is 6. The van der Waals surface area contributed by atoms with E-state index >= 15 is 0 Å². The minimum atomic E-state index is -1.05. The number of aliphatic carboxylic acids is 1. The van der Waals surface area contributed by atoms with Gasteiger partial charge in [-0.25, -0.2) is 4.79 Å². The van der Waals surface area contributed by atoms with Crippen molar-refractivity contribution in [2.45, 2.75) is 12.6 Å². The average Bonchev–Trinajstić information content (AvgIpc) is 2.96. The molecule has 0 bridgehead atoms. The van der Waals surface area contributed by atoms with Gasteiger partial charge in [0.15, 0.2) is 0 Å². The molecule has 9 nitrogen and oxygen atoms in total. The third kappa shape index (κ3) is 2.84. The van der Waals surface area contributed by atoms with Crippen LogP contribution < -0.4 is 0 Å². The summed E-state index contributed by atoms with van der Waals surface area (Å²) in [5.74, 6) is -1.17. The van der Waals surface area contributed by atoms with Crippen LogP contribution in [0, 0.1) is 10.1 Å². The molecule has 1 fully saturated rings. The second-order valence-corrected chi connectivity index (χ2v) is 4.85. The molecule has 1 aliphatic heterocycles. The summed E-state index contributed by atoms with van der Waals surface area (Å²) in [5, 5.41) is 23.0. The van der Waals surface area contributed by atoms with Gasteiger partial charge < -0.3 is 20.1 Å². The van der Waals surface area contributed by atoms with Gasteiger partial charge in [0, 0.05) is 5.75 Å². The summed E-state index contributed by atoms with van der Waals surface area (Å²) in [4.78, 5) is 33.9. The van der Waals surface area contributed by atoms with E-state index in [1.54, 1.807) is 0 Å². The number of carboxylic acid groups (broad SMARTS) is 1. The number of carbonyl (C=O) groups excluding carboxylic acids is 1. The highest BCUT2D eigenvalue weighted by Crippen LogP contribution is 2.21. The van der Waals surface area contributed by atoms with Crippen molar-refractivity contribution in [1.29, 1.82) is 0 Å². The van der Waals surface area contributed by atoms with Crippen molar-refractivity contribution in [1.82, 2.24) is 14.7 Å². The Morgan fingerprint density at radius 1 is 1.63 bits per heavy atom. The van der Waals surface area contributed by atoms with E-state index in [1.165, 1.54) is 28.9 Å². The smallest absolute Gasteiger partial charge is 0.389 e. The summed E-state index contributed by atoms with van der Waals surface area (Å²) in [5.41, 5.74) is 0. The number of rotatable bonds is 4. The molecule has 0 radical (unpaired) electrons. The molecule has 1 aromatic rings. The Balaban J connectivity index is 2.04. The van der Waals surface area contributed by atoms with E-state index in [0.717, 1.165) is 4.68 Å². The molecule has 0 spiro atoms. The molecule has 0 aromatic carbocycles. The molecule has 102 valence electrons. The minimum absolute atomic E-state index is 0.210. The molecule has 2 rings (SSSR count). The van der Waals surface area contributed by atoms with Gasteiger partial charge in [0.25, 0.3) is 0 Å². The van der Waals surface area contributed by atoms with Crippen molar-refractivity contribution >= 4 is 29.5 Å². The third-order valence-corrected chi connectivity index (χ3v) is 3.61. The Morgan fingerprint density at radius 2 is 2.37 bits per heavy atom. The van der Waals surface area contributed by atoms with Gasteiger partial charge in [0.05, 0.1) is 23.2 Å². The van der Waals surface area contributed by atoms with Crippen LogP contribution in [0.4, 0.5) is 5.82 Å². The molecule has 1 N–H and O–H groups in total. The highest BCUT2D eigenvalue weighted by atomic mass is 32.2. The number of nitro groups is 1. The zero-order chi connectivity index (χ0) is 14.0. The predicted molar refractivity (Wildman–Crippen MR) is 64.5 cm³/mol. The van der Waals surface area contributed by atoms with Gasteiger partial charge in [-0.15, -0.1) is 11.8 Å². The van der Waals surface area contributed by atoms with Crippen LogP contribution in [0.1, 0.15) is 0 Å². The Bertz CT molecular complexity index is 530. The molecule has 1 saturated heterocycles. The molecule has 2 heterocycles. The van der Waals surface area contributed by atoms with E-state index in [0.29, 0.717) is 11.6 Å². The van der Waals surface area contributed by atoms with E-state index in [9.17, 15) is 19.7 Å². The molecule has 19 heavy (non-hydrogen) atoms. The second kappa shape index (κ2) is 5.26. The molecule has 10 heteroatoms. The maximum atomic E-state index is 11.9. The first-order valence-corrected chi connectivity index (χ1v) is 6.42. The van der Waals surface area contributed by atoms with E-state index in [4.69, 9.17) is 5.11 Å². The van der Waals surface area contributed by atoms with Gasteiger partial charge in [-0.2, -0.15) is 4.68 Å². The van der Waals surface area contributed by atoms with E-state index < -0.39 is 22.8 Å². The van der Waals surface area contributed by atoms with Gasteiger partial charge >= 0.3 is 11.8 Å². The molecule has 1 aliphatic rings. The van der Waals surface area contributed by atoms with Crippen LogP contribution in [-0.4, -0.2) is 54.3 Å². The molecule has 1 atom stereocenters. The van der Waals surface area contributed by atoms with E-state index in [1.807, 2.05) is 0 Å². The Hall–Kier alpha value is -2.10. The Morgan fingerprint density at radius 3 is 2.95 bits per heavy atom. The molecule has 1 aromatic heterocycles. The number of amides is 1. The molecule has 1 amide bonds. The van der Waals surface area contributed by atoms with Gasteiger partial charge in [-0.1, -0.05) is 0 Å². The van der Waals surface area contributed by atoms with Crippen molar-refractivity contribution in [2.24, 2.45) is 0 Å². The van der Waals surface area contributed by atoms with Gasteiger partial charge in [0.2, 0.25) is 5.91 Å². The lowest BCUT2D eigenvalue weighted by molar-refractivity contribution is -0.389. The normalized spacial score (nSPS) is 18.5. The van der Waals surface area contributed by atoms with Gasteiger partial charge in [0.1, 0.15) is 12.6 Å². The Kier molecular flexibility index (Phi) is 3.69. The number of aromatic nitrogens is 2. The SMILES string of the molecule is O=C(O)[C@@H]1CSCN1C(=O)Cn1ccc([N+](=O)[O-])n1. The van der Waals surface area contributed by atoms with Crippen molar-refractivity contribution in [3.63, 3.8) is 0 Å². The van der Waals surface area contributed by atoms with E-state index in [-0.39, 0.29) is 12.4 Å². The predicted octanol–water partition coefficient (Wildman–Crippen LogP) is -0.223. The van der Waals surface area contributed by atoms with E-state index in [2.05, 4.69) is 5.10 Å². The van der Waals surface area contributed by atoms with Crippen LogP contribution in [0.5, 0.6) is 0 Å². The van der Waals surface area contributed by atoms with Crippen LogP contribution in [0.15, 0.2) is 12.3 Å². The lowest BCUT2D eigenvalue weighted by Gasteiger charge is -2.19. The topological polar surface area (TPSA) is 119 Å². The monoisotopic (exact) mass is 286 g/mol.